The smallest absolute Gasteiger partial charge is 0.0600 e. The second kappa shape index (κ2) is 5.79. The highest BCUT2D eigenvalue weighted by molar-refractivity contribution is 5.66. The van der Waals surface area contributed by atoms with Gasteiger partial charge >= 0.3 is 0 Å². The van der Waals surface area contributed by atoms with Crippen molar-refractivity contribution in [3.8, 4) is 0 Å². The summed E-state index contributed by atoms with van der Waals surface area (Å²) >= 11 is 0. The lowest BCUT2D eigenvalue weighted by Crippen LogP contribution is -2.17. The molecule has 0 aliphatic heterocycles. The van der Waals surface area contributed by atoms with Crippen molar-refractivity contribution in [1.82, 2.24) is 0 Å². The molecule has 0 heterocycles. The highest BCUT2D eigenvalue weighted by atomic mass is 15.1. The Kier molecular flexibility index (Phi) is 4.10. The number of benzene rings is 2. The van der Waals surface area contributed by atoms with Crippen molar-refractivity contribution in [2.45, 2.75) is 26.3 Å². The summed E-state index contributed by atoms with van der Waals surface area (Å²) in [5, 5.41) is 0. The van der Waals surface area contributed by atoms with Crippen LogP contribution in [0.4, 0.5) is 11.4 Å². The molecule has 0 unspecified atom stereocenters. The van der Waals surface area contributed by atoms with Crippen molar-refractivity contribution >= 4 is 11.4 Å². The number of para-hydroxylation sites is 2. The molecular formula is C17H22N2. The molecule has 0 saturated heterocycles. The van der Waals surface area contributed by atoms with Crippen molar-refractivity contribution in [2.75, 3.05) is 17.7 Å². The van der Waals surface area contributed by atoms with Crippen molar-refractivity contribution in [1.29, 1.82) is 0 Å². The molecule has 0 aliphatic rings. The Morgan fingerprint density at radius 2 is 1.63 bits per heavy atom. The number of nitrogens with zero attached hydrogens (tertiary/aromatic N) is 1. The summed E-state index contributed by atoms with van der Waals surface area (Å²) in [5.74, 6) is 0.580. The Hall–Kier alpha value is -1.96. The quantitative estimate of drug-likeness (QED) is 0.835. The first-order chi connectivity index (χ1) is 9.08. The van der Waals surface area contributed by atoms with Crippen LogP contribution in [-0.4, -0.2) is 7.05 Å². The van der Waals surface area contributed by atoms with Crippen LogP contribution in [0.5, 0.6) is 0 Å². The predicted octanol–water partition coefficient (Wildman–Crippen LogP) is 4.03. The van der Waals surface area contributed by atoms with Gasteiger partial charge in [0.1, 0.15) is 0 Å². The SMILES string of the molecule is CC(C)c1ccc(CN(C)c2ccccc2N)cc1. The first kappa shape index (κ1) is 13.5. The molecule has 0 bridgehead atoms. The van der Waals surface area contributed by atoms with Gasteiger partial charge in [-0.25, -0.2) is 0 Å². The van der Waals surface area contributed by atoms with Gasteiger partial charge in [-0.05, 0) is 29.2 Å². The van der Waals surface area contributed by atoms with Crippen LogP contribution in [0, 0.1) is 0 Å². The fraction of sp³-hybridized carbons (Fsp3) is 0.294. The molecule has 0 saturated carbocycles. The highest BCUT2D eigenvalue weighted by Crippen LogP contribution is 2.23. The maximum atomic E-state index is 6.00. The third kappa shape index (κ3) is 3.28. The van der Waals surface area contributed by atoms with Gasteiger partial charge in [0, 0.05) is 13.6 Å². The van der Waals surface area contributed by atoms with Gasteiger partial charge in [0.2, 0.25) is 0 Å². The van der Waals surface area contributed by atoms with Crippen molar-refractivity contribution in [3.05, 3.63) is 59.7 Å². The van der Waals surface area contributed by atoms with Gasteiger partial charge in [-0.3, -0.25) is 0 Å². The van der Waals surface area contributed by atoms with E-state index in [-0.39, 0.29) is 0 Å². The summed E-state index contributed by atoms with van der Waals surface area (Å²) in [4.78, 5) is 2.18. The maximum absolute atomic E-state index is 6.00. The number of rotatable bonds is 4. The molecule has 2 heteroatoms. The Morgan fingerprint density at radius 3 is 2.21 bits per heavy atom. The van der Waals surface area contributed by atoms with E-state index in [2.05, 4.69) is 56.1 Å². The van der Waals surface area contributed by atoms with E-state index in [1.807, 2.05) is 18.2 Å². The van der Waals surface area contributed by atoms with Gasteiger partial charge in [-0.2, -0.15) is 0 Å². The minimum atomic E-state index is 0.580. The lowest BCUT2D eigenvalue weighted by atomic mass is 10.0. The third-order valence-corrected chi connectivity index (χ3v) is 3.41. The molecule has 0 atom stereocenters. The van der Waals surface area contributed by atoms with E-state index in [4.69, 9.17) is 5.73 Å². The summed E-state index contributed by atoms with van der Waals surface area (Å²) < 4.78 is 0. The zero-order valence-electron chi connectivity index (χ0n) is 11.9. The molecule has 2 rings (SSSR count). The minimum Gasteiger partial charge on any atom is -0.397 e. The van der Waals surface area contributed by atoms with E-state index in [0.29, 0.717) is 5.92 Å². The van der Waals surface area contributed by atoms with Gasteiger partial charge in [0.25, 0.3) is 0 Å². The topological polar surface area (TPSA) is 29.3 Å². The summed E-state index contributed by atoms with van der Waals surface area (Å²) in [6, 6.07) is 16.8. The molecule has 2 aromatic carbocycles. The van der Waals surface area contributed by atoms with Gasteiger partial charge in [0.05, 0.1) is 11.4 Å². The standard InChI is InChI=1S/C17H22N2/c1-13(2)15-10-8-14(9-11-15)12-19(3)17-7-5-4-6-16(17)18/h4-11,13H,12,18H2,1-3H3. The van der Waals surface area contributed by atoms with E-state index in [1.54, 1.807) is 0 Å². The average molecular weight is 254 g/mol. The monoisotopic (exact) mass is 254 g/mol. The van der Waals surface area contributed by atoms with Gasteiger partial charge in [-0.15, -0.1) is 0 Å². The third-order valence-electron chi connectivity index (χ3n) is 3.41. The maximum Gasteiger partial charge on any atom is 0.0600 e. The van der Waals surface area contributed by atoms with Crippen molar-refractivity contribution in [3.63, 3.8) is 0 Å². The fourth-order valence-electron chi connectivity index (χ4n) is 2.20. The second-order valence-electron chi connectivity index (χ2n) is 5.31. The lowest BCUT2D eigenvalue weighted by molar-refractivity contribution is 0.861. The van der Waals surface area contributed by atoms with Gasteiger partial charge < -0.3 is 10.6 Å². The Bertz CT molecular complexity index is 529. The van der Waals surface area contributed by atoms with Crippen molar-refractivity contribution < 1.29 is 0 Å². The van der Waals surface area contributed by atoms with E-state index in [0.717, 1.165) is 17.9 Å². The Balaban J connectivity index is 2.11. The number of nitrogen functional groups attached to an aromatic ring is 1. The molecule has 100 valence electrons. The molecule has 19 heavy (non-hydrogen) atoms. The number of nitrogens with two attached hydrogens (primary N) is 1. The van der Waals surface area contributed by atoms with Crippen LogP contribution in [0.3, 0.4) is 0 Å². The molecule has 2 N–H and O–H groups in total. The Morgan fingerprint density at radius 1 is 1.00 bits per heavy atom. The average Bonchev–Trinajstić information content (AvgIpc) is 2.39. The second-order valence-corrected chi connectivity index (χ2v) is 5.31. The molecule has 0 aromatic heterocycles. The van der Waals surface area contributed by atoms with Crippen LogP contribution in [0.15, 0.2) is 48.5 Å². The summed E-state index contributed by atoms with van der Waals surface area (Å²) in [5.41, 5.74) is 10.6. The predicted molar refractivity (Wildman–Crippen MR) is 83.5 cm³/mol. The summed E-state index contributed by atoms with van der Waals surface area (Å²) in [6.07, 6.45) is 0. The van der Waals surface area contributed by atoms with E-state index < -0.39 is 0 Å². The first-order valence-corrected chi connectivity index (χ1v) is 6.72. The van der Waals surface area contributed by atoms with Crippen LogP contribution >= 0.6 is 0 Å². The summed E-state index contributed by atoms with van der Waals surface area (Å²) in [6.45, 7) is 5.30. The van der Waals surface area contributed by atoms with Gasteiger partial charge in [0.15, 0.2) is 0 Å². The van der Waals surface area contributed by atoms with Crippen molar-refractivity contribution in [2.24, 2.45) is 0 Å². The van der Waals surface area contributed by atoms with Crippen LogP contribution in [0.1, 0.15) is 30.9 Å². The van der Waals surface area contributed by atoms with Crippen LogP contribution in [0.25, 0.3) is 0 Å². The molecule has 2 aromatic rings. The Labute approximate surface area is 115 Å². The molecule has 0 fully saturated rings. The lowest BCUT2D eigenvalue weighted by Gasteiger charge is -2.21. The zero-order chi connectivity index (χ0) is 13.8. The fourth-order valence-corrected chi connectivity index (χ4v) is 2.20. The molecule has 0 amide bonds. The van der Waals surface area contributed by atoms with E-state index >= 15 is 0 Å². The molecule has 0 radical (unpaired) electrons. The van der Waals surface area contributed by atoms with Crippen LogP contribution < -0.4 is 10.6 Å². The minimum absolute atomic E-state index is 0.580. The number of hydrogen-bond donors (Lipinski definition) is 1. The molecule has 0 spiro atoms. The number of anilines is 2. The normalized spacial score (nSPS) is 10.7. The van der Waals surface area contributed by atoms with Gasteiger partial charge in [-0.1, -0.05) is 50.2 Å². The van der Waals surface area contributed by atoms with Crippen LogP contribution in [-0.2, 0) is 6.54 Å². The molecule has 2 nitrogen and oxygen atoms in total. The highest BCUT2D eigenvalue weighted by Gasteiger charge is 2.05. The largest absolute Gasteiger partial charge is 0.397 e. The summed E-state index contributed by atoms with van der Waals surface area (Å²) in [7, 11) is 2.07. The number of hydrogen-bond acceptors (Lipinski definition) is 2. The van der Waals surface area contributed by atoms with E-state index in [9.17, 15) is 0 Å². The molecular weight excluding hydrogens is 232 g/mol. The van der Waals surface area contributed by atoms with Crippen LogP contribution in [0.2, 0.25) is 0 Å². The molecule has 0 aliphatic carbocycles. The first-order valence-electron chi connectivity index (χ1n) is 6.72. The zero-order valence-corrected chi connectivity index (χ0v) is 11.9. The van der Waals surface area contributed by atoms with E-state index in [1.165, 1.54) is 11.1 Å².